The van der Waals surface area contributed by atoms with Crippen molar-refractivity contribution in [2.45, 2.75) is 25.8 Å². The molecule has 0 spiro atoms. The first kappa shape index (κ1) is 13.6. The van der Waals surface area contributed by atoms with Crippen LogP contribution in [0.5, 0.6) is 0 Å². The number of carboxylic acids is 1. The third-order valence-electron chi connectivity index (χ3n) is 1.93. The molecule has 0 aromatic carbocycles. The molecule has 0 aliphatic rings. The van der Waals surface area contributed by atoms with Gasteiger partial charge in [0.05, 0.1) is 5.84 Å². The lowest BCUT2D eigenvalue weighted by Gasteiger charge is -2.11. The van der Waals surface area contributed by atoms with Crippen LogP contribution in [0.1, 0.15) is 19.8 Å². The van der Waals surface area contributed by atoms with Crippen molar-refractivity contribution in [3.63, 3.8) is 0 Å². The maximum atomic E-state index is 10.5. The second-order valence-electron chi connectivity index (χ2n) is 3.61. The van der Waals surface area contributed by atoms with Crippen LogP contribution in [-0.2, 0) is 4.79 Å². The average molecular weight is 213 g/mol. The van der Waals surface area contributed by atoms with Crippen LogP contribution < -0.4 is 11.5 Å². The number of nitrogens with zero attached hydrogens (tertiary/aromatic N) is 1. The predicted molar refractivity (Wildman–Crippen MR) is 60.7 cm³/mol. The summed E-state index contributed by atoms with van der Waals surface area (Å²) in [4.78, 5) is 14.6. The van der Waals surface area contributed by atoms with Gasteiger partial charge in [-0.05, 0) is 12.3 Å². The first-order valence-electron chi connectivity index (χ1n) is 4.85. The standard InChI is InChI=1S/C10H19N3O2/c1-3-4-9(12)13-6-7(2)5-8(11)10(14)15/h3,7-8H,1,4-6,11H2,2H3,(H2,12,13)(H,14,15)/t7-,8+/m1/s1. The SMILES string of the molecule is C=CCC(N)=NC[C@H](C)C[C@H](N)C(=O)O. The van der Waals surface area contributed by atoms with Gasteiger partial charge < -0.3 is 16.6 Å². The summed E-state index contributed by atoms with van der Waals surface area (Å²) in [5.41, 5.74) is 10.9. The Hall–Kier alpha value is -1.36. The van der Waals surface area contributed by atoms with E-state index in [0.717, 1.165) is 0 Å². The molecule has 0 unspecified atom stereocenters. The predicted octanol–water partition coefficient (Wildman–Crippen LogP) is 0.358. The van der Waals surface area contributed by atoms with E-state index >= 15 is 0 Å². The minimum atomic E-state index is -0.982. The van der Waals surface area contributed by atoms with Crippen molar-refractivity contribution in [1.29, 1.82) is 0 Å². The lowest BCUT2D eigenvalue weighted by Crippen LogP contribution is -2.32. The zero-order valence-corrected chi connectivity index (χ0v) is 9.02. The molecule has 0 aliphatic heterocycles. The van der Waals surface area contributed by atoms with Crippen LogP contribution in [0.2, 0.25) is 0 Å². The van der Waals surface area contributed by atoms with Crippen LogP contribution >= 0.6 is 0 Å². The van der Waals surface area contributed by atoms with Crippen molar-refractivity contribution in [3.8, 4) is 0 Å². The van der Waals surface area contributed by atoms with Gasteiger partial charge in [-0.25, -0.2) is 0 Å². The number of amidine groups is 1. The van der Waals surface area contributed by atoms with Gasteiger partial charge >= 0.3 is 5.97 Å². The van der Waals surface area contributed by atoms with Gasteiger partial charge in [0.1, 0.15) is 6.04 Å². The normalized spacial score (nSPS) is 15.7. The summed E-state index contributed by atoms with van der Waals surface area (Å²) in [6.45, 7) is 5.94. The van der Waals surface area contributed by atoms with E-state index in [4.69, 9.17) is 16.6 Å². The molecule has 2 atom stereocenters. The van der Waals surface area contributed by atoms with Crippen molar-refractivity contribution >= 4 is 11.8 Å². The molecule has 0 amide bonds. The first-order chi connectivity index (χ1) is 6.97. The number of hydrogen-bond acceptors (Lipinski definition) is 3. The number of carbonyl (C=O) groups is 1. The fourth-order valence-electron chi connectivity index (χ4n) is 1.09. The van der Waals surface area contributed by atoms with Gasteiger partial charge in [-0.1, -0.05) is 13.0 Å². The second-order valence-corrected chi connectivity index (χ2v) is 3.61. The fourth-order valence-corrected chi connectivity index (χ4v) is 1.09. The molecule has 0 heterocycles. The van der Waals surface area contributed by atoms with Crippen LogP contribution in [0, 0.1) is 5.92 Å². The molecule has 5 N–H and O–H groups in total. The highest BCUT2D eigenvalue weighted by Crippen LogP contribution is 2.05. The Morgan fingerprint density at radius 1 is 1.67 bits per heavy atom. The highest BCUT2D eigenvalue weighted by Gasteiger charge is 2.15. The molecule has 15 heavy (non-hydrogen) atoms. The Labute approximate surface area is 89.9 Å². The van der Waals surface area contributed by atoms with Gasteiger partial charge in [0.2, 0.25) is 0 Å². The fraction of sp³-hybridized carbons (Fsp3) is 0.600. The van der Waals surface area contributed by atoms with Gasteiger partial charge in [0.25, 0.3) is 0 Å². The van der Waals surface area contributed by atoms with E-state index in [1.54, 1.807) is 6.08 Å². The van der Waals surface area contributed by atoms with E-state index in [-0.39, 0.29) is 5.92 Å². The summed E-state index contributed by atoms with van der Waals surface area (Å²) in [5, 5.41) is 8.59. The van der Waals surface area contributed by atoms with E-state index < -0.39 is 12.0 Å². The molecule has 0 aromatic rings. The molecule has 0 aromatic heterocycles. The van der Waals surface area contributed by atoms with E-state index in [0.29, 0.717) is 25.2 Å². The lowest BCUT2D eigenvalue weighted by molar-refractivity contribution is -0.138. The Balaban J connectivity index is 3.93. The Morgan fingerprint density at radius 3 is 2.73 bits per heavy atom. The second kappa shape index (κ2) is 7.00. The molecule has 5 heteroatoms. The Bertz CT molecular complexity index is 251. The van der Waals surface area contributed by atoms with Crippen molar-refractivity contribution in [2.75, 3.05) is 6.54 Å². The van der Waals surface area contributed by atoms with Crippen LogP contribution in [0.4, 0.5) is 0 Å². The van der Waals surface area contributed by atoms with Crippen molar-refractivity contribution in [1.82, 2.24) is 0 Å². The zero-order chi connectivity index (χ0) is 11.8. The third kappa shape index (κ3) is 6.68. The highest BCUT2D eigenvalue weighted by molar-refractivity contribution is 5.81. The number of aliphatic carboxylic acids is 1. The molecular formula is C10H19N3O2. The van der Waals surface area contributed by atoms with Gasteiger partial charge in [-0.15, -0.1) is 6.58 Å². The molecule has 0 bridgehead atoms. The maximum absolute atomic E-state index is 10.5. The summed E-state index contributed by atoms with van der Waals surface area (Å²) in [7, 11) is 0. The van der Waals surface area contributed by atoms with Gasteiger partial charge in [0, 0.05) is 13.0 Å². The first-order valence-corrected chi connectivity index (χ1v) is 4.85. The molecule has 0 radical (unpaired) electrons. The number of hydrogen-bond donors (Lipinski definition) is 3. The summed E-state index contributed by atoms with van der Waals surface area (Å²) in [6.07, 6.45) is 2.63. The van der Waals surface area contributed by atoms with Crippen LogP contribution in [0.25, 0.3) is 0 Å². The smallest absolute Gasteiger partial charge is 0.320 e. The third-order valence-corrected chi connectivity index (χ3v) is 1.93. The maximum Gasteiger partial charge on any atom is 0.320 e. The van der Waals surface area contributed by atoms with E-state index in [9.17, 15) is 4.79 Å². The Kier molecular flexibility index (Phi) is 6.37. The van der Waals surface area contributed by atoms with Crippen molar-refractivity contribution in [3.05, 3.63) is 12.7 Å². The number of aliphatic imine (C=N–C) groups is 1. The molecule has 0 saturated carbocycles. The van der Waals surface area contributed by atoms with E-state index in [1.165, 1.54) is 0 Å². The summed E-state index contributed by atoms with van der Waals surface area (Å²) in [5.74, 6) is -0.356. The van der Waals surface area contributed by atoms with Crippen LogP contribution in [0.15, 0.2) is 17.6 Å². The monoisotopic (exact) mass is 213 g/mol. The van der Waals surface area contributed by atoms with E-state index in [1.807, 2.05) is 6.92 Å². The quantitative estimate of drug-likeness (QED) is 0.323. The summed E-state index contributed by atoms with van der Waals surface area (Å²) < 4.78 is 0. The van der Waals surface area contributed by atoms with Gasteiger partial charge in [-0.3, -0.25) is 9.79 Å². The average Bonchev–Trinajstić information content (AvgIpc) is 2.15. The minimum absolute atomic E-state index is 0.111. The van der Waals surface area contributed by atoms with Gasteiger partial charge in [0.15, 0.2) is 0 Å². The summed E-state index contributed by atoms with van der Waals surface area (Å²) >= 11 is 0. The molecule has 0 aliphatic carbocycles. The van der Waals surface area contributed by atoms with E-state index in [2.05, 4.69) is 11.6 Å². The molecule has 5 nitrogen and oxygen atoms in total. The van der Waals surface area contributed by atoms with Crippen molar-refractivity contribution < 1.29 is 9.90 Å². The lowest BCUT2D eigenvalue weighted by atomic mass is 10.0. The molecule has 0 fully saturated rings. The highest BCUT2D eigenvalue weighted by atomic mass is 16.4. The minimum Gasteiger partial charge on any atom is -0.480 e. The zero-order valence-electron chi connectivity index (χ0n) is 9.02. The van der Waals surface area contributed by atoms with Crippen molar-refractivity contribution in [2.24, 2.45) is 22.4 Å². The molecule has 0 saturated heterocycles. The number of rotatable bonds is 7. The van der Waals surface area contributed by atoms with Crippen LogP contribution in [0.3, 0.4) is 0 Å². The number of nitrogens with two attached hydrogens (primary N) is 2. The molecule has 86 valence electrons. The molecular weight excluding hydrogens is 194 g/mol. The largest absolute Gasteiger partial charge is 0.480 e. The summed E-state index contributed by atoms with van der Waals surface area (Å²) in [6, 6.07) is -0.823. The van der Waals surface area contributed by atoms with Gasteiger partial charge in [-0.2, -0.15) is 0 Å². The molecule has 0 rings (SSSR count). The topological polar surface area (TPSA) is 102 Å². The Morgan fingerprint density at radius 2 is 2.27 bits per heavy atom. The van der Waals surface area contributed by atoms with Crippen LogP contribution in [-0.4, -0.2) is 29.5 Å². The number of carboxylic acid groups (broad SMARTS) is 1.